The van der Waals surface area contributed by atoms with Gasteiger partial charge >= 0.3 is 0 Å². The average molecular weight is 264 g/mol. The zero-order valence-corrected chi connectivity index (χ0v) is 13.6. The van der Waals surface area contributed by atoms with Crippen molar-refractivity contribution >= 4 is 21.2 Å². The molecule has 0 radical (unpaired) electrons. The van der Waals surface area contributed by atoms with Crippen molar-refractivity contribution in [2.45, 2.75) is 37.8 Å². The molecule has 2 fully saturated rings. The van der Waals surface area contributed by atoms with Gasteiger partial charge in [-0.25, -0.2) is 0 Å². The van der Waals surface area contributed by atoms with Crippen molar-refractivity contribution in [3.05, 3.63) is 0 Å². The summed E-state index contributed by atoms with van der Waals surface area (Å²) in [7, 11) is 0.472. The molecule has 1 aliphatic carbocycles. The molecule has 0 bridgehead atoms. The zero-order chi connectivity index (χ0) is 11.1. The minimum atomic E-state index is -0.479. The summed E-state index contributed by atoms with van der Waals surface area (Å²) in [6.07, 6.45) is 11.1. The summed E-state index contributed by atoms with van der Waals surface area (Å²) in [5.41, 5.74) is 1.20. The third-order valence-electron chi connectivity index (χ3n) is 4.21. The smallest absolute Gasteiger partial charge is 0.0533 e. The molecule has 1 saturated heterocycles. The predicted octanol–water partition coefficient (Wildman–Crippen LogP) is 5.20. The van der Waals surface area contributed by atoms with Crippen LogP contribution in [0.2, 0.25) is 0 Å². The van der Waals surface area contributed by atoms with E-state index in [4.69, 9.17) is 0 Å². The van der Waals surface area contributed by atoms with Gasteiger partial charge in [0.2, 0.25) is 7.30 Å². The van der Waals surface area contributed by atoms with Gasteiger partial charge in [0.25, 0.3) is 0 Å². The molecule has 0 spiro atoms. The molecule has 2 rings (SSSR count). The zero-order valence-electron chi connectivity index (χ0n) is 10.9. The Labute approximate surface area is 98.2 Å². The van der Waals surface area contributed by atoms with Crippen LogP contribution in [0.1, 0.15) is 32.1 Å². The van der Waals surface area contributed by atoms with Crippen LogP contribution in [0.25, 0.3) is 0 Å². The minimum Gasteiger partial charge on any atom is -0.0533 e. The first-order valence-corrected chi connectivity index (χ1v) is 15.0. The molecule has 0 unspecified atom stereocenters. The Balaban J connectivity index is 2.16. The van der Waals surface area contributed by atoms with Crippen LogP contribution >= 0.6 is 21.2 Å². The van der Waals surface area contributed by atoms with Crippen LogP contribution in [0.5, 0.6) is 0 Å². The Morgan fingerprint density at radius 2 is 1.27 bits per heavy atom. The normalized spacial score (nSPS) is 32.0. The molecule has 1 saturated carbocycles. The van der Waals surface area contributed by atoms with Gasteiger partial charge in [0, 0.05) is 0 Å². The highest BCUT2D eigenvalue weighted by atomic mass is 32.5. The summed E-state index contributed by atoms with van der Waals surface area (Å²) in [4.78, 5) is 0. The largest absolute Gasteiger partial charge is 0.210 e. The second kappa shape index (κ2) is 4.52. The first kappa shape index (κ1) is 12.7. The second-order valence-corrected chi connectivity index (χ2v) is 25.1. The quantitative estimate of drug-likeness (QED) is 0.571. The lowest BCUT2D eigenvalue weighted by molar-refractivity contribution is 0.514. The minimum absolute atomic E-state index is 0.472. The fraction of sp³-hybridized carbons (Fsp3) is 1.00. The fourth-order valence-electron chi connectivity index (χ4n) is 3.55. The maximum absolute atomic E-state index is 2.68. The maximum atomic E-state index is 2.68. The second-order valence-electron chi connectivity index (χ2n) is 6.30. The van der Waals surface area contributed by atoms with Gasteiger partial charge in [0.1, 0.15) is 0 Å². The summed E-state index contributed by atoms with van der Waals surface area (Å²) in [6, 6.07) is 0. The lowest BCUT2D eigenvalue weighted by Gasteiger charge is -2.31. The van der Waals surface area contributed by atoms with Gasteiger partial charge in [-0.3, -0.25) is 0 Å². The Morgan fingerprint density at radius 3 is 1.73 bits per heavy atom. The molecule has 1 heterocycles. The number of hydrogen-bond acceptors (Lipinski definition) is 0. The third kappa shape index (κ3) is 2.59. The highest BCUT2D eigenvalue weighted by Gasteiger charge is 2.63. The lowest BCUT2D eigenvalue weighted by atomic mass is 10.0. The van der Waals surface area contributed by atoms with E-state index < -0.39 is 13.9 Å². The predicted molar refractivity (Wildman–Crippen MR) is 81.1 cm³/mol. The topological polar surface area (TPSA) is 0 Å². The van der Waals surface area contributed by atoms with Gasteiger partial charge in [0.05, 0.1) is 58.5 Å². The first-order chi connectivity index (χ1) is 6.93. The van der Waals surface area contributed by atoms with Crippen LogP contribution in [0, 0.1) is 0 Å². The SMILES string of the molecule is C[P+]1(C)CC[P+](C)(C)P1C1CCCCC1. The molecule has 88 valence electrons. The molecule has 1 aliphatic heterocycles. The molecule has 3 heteroatoms. The summed E-state index contributed by atoms with van der Waals surface area (Å²) in [6.45, 7) is 9.77. The molecule has 15 heavy (non-hydrogen) atoms. The van der Waals surface area contributed by atoms with Crippen molar-refractivity contribution in [2.75, 3.05) is 39.0 Å². The Morgan fingerprint density at radius 1 is 0.800 bits per heavy atom. The van der Waals surface area contributed by atoms with Crippen LogP contribution in [-0.2, 0) is 0 Å². The van der Waals surface area contributed by atoms with Gasteiger partial charge < -0.3 is 0 Å². The van der Waals surface area contributed by atoms with E-state index in [1.165, 1.54) is 12.1 Å². The van der Waals surface area contributed by atoms with Crippen molar-refractivity contribution in [1.82, 2.24) is 0 Å². The maximum Gasteiger partial charge on any atom is 0.210 e. The Kier molecular flexibility index (Phi) is 3.84. The van der Waals surface area contributed by atoms with Crippen molar-refractivity contribution < 1.29 is 0 Å². The van der Waals surface area contributed by atoms with E-state index in [0.717, 1.165) is 0 Å². The van der Waals surface area contributed by atoms with E-state index in [0.29, 0.717) is 7.30 Å². The molecule has 0 atom stereocenters. The van der Waals surface area contributed by atoms with E-state index in [1.807, 2.05) is 0 Å². The van der Waals surface area contributed by atoms with E-state index in [9.17, 15) is 0 Å². The van der Waals surface area contributed by atoms with Crippen molar-refractivity contribution in [3.8, 4) is 0 Å². The Hall–Kier alpha value is 1.29. The average Bonchev–Trinajstić information content (AvgIpc) is 2.37. The van der Waals surface area contributed by atoms with Crippen LogP contribution in [0.15, 0.2) is 0 Å². The van der Waals surface area contributed by atoms with E-state index in [2.05, 4.69) is 26.7 Å². The highest BCUT2D eigenvalue weighted by molar-refractivity contribution is 8.71. The summed E-state index contributed by atoms with van der Waals surface area (Å²) >= 11 is 0. The molecule has 2 aliphatic rings. The molecular weight excluding hydrogens is 237 g/mol. The van der Waals surface area contributed by atoms with Crippen LogP contribution in [0.4, 0.5) is 0 Å². The summed E-state index contributed by atoms with van der Waals surface area (Å²) in [5.74, 6) is 0. The van der Waals surface area contributed by atoms with E-state index in [1.54, 1.807) is 38.0 Å². The molecular formula is C12H27P3+2. The van der Waals surface area contributed by atoms with Gasteiger partial charge in [-0.15, -0.1) is 0 Å². The van der Waals surface area contributed by atoms with Crippen LogP contribution < -0.4 is 0 Å². The van der Waals surface area contributed by atoms with Crippen molar-refractivity contribution in [2.24, 2.45) is 0 Å². The third-order valence-corrected chi connectivity index (χ3v) is 29.1. The van der Waals surface area contributed by atoms with Gasteiger partial charge in [0.15, 0.2) is 0 Å². The van der Waals surface area contributed by atoms with Crippen molar-refractivity contribution in [3.63, 3.8) is 0 Å². The molecule has 0 aromatic rings. The van der Waals surface area contributed by atoms with E-state index in [-0.39, 0.29) is 0 Å². The summed E-state index contributed by atoms with van der Waals surface area (Å²) in [5, 5.41) is 0. The number of hydrogen-bond donors (Lipinski definition) is 0. The fourth-order valence-corrected chi connectivity index (χ4v) is 38.6. The first-order valence-electron chi connectivity index (χ1n) is 6.40. The lowest BCUT2D eigenvalue weighted by Crippen LogP contribution is -2.11. The Bertz CT molecular complexity index is 213. The standard InChI is InChI=1S/C12H27P3/c1-14(2)10-11-15(3,4)13(14)12-8-6-5-7-9-12/h12H,5-11H2,1-4H3/q+2. The van der Waals surface area contributed by atoms with Gasteiger partial charge in [-0.05, 0) is 12.8 Å². The van der Waals surface area contributed by atoms with Crippen LogP contribution in [-0.4, -0.2) is 44.6 Å². The number of rotatable bonds is 1. The molecule has 0 N–H and O–H groups in total. The van der Waals surface area contributed by atoms with E-state index >= 15 is 0 Å². The molecule has 0 aromatic carbocycles. The van der Waals surface area contributed by atoms with Crippen LogP contribution in [0.3, 0.4) is 0 Å². The summed E-state index contributed by atoms with van der Waals surface area (Å²) < 4.78 is 0. The molecule has 0 aromatic heterocycles. The highest BCUT2D eigenvalue weighted by Crippen LogP contribution is 3.05. The monoisotopic (exact) mass is 264 g/mol. The molecule has 0 amide bonds. The molecule has 0 nitrogen and oxygen atoms in total. The van der Waals surface area contributed by atoms with Crippen molar-refractivity contribution in [1.29, 1.82) is 0 Å². The van der Waals surface area contributed by atoms with Gasteiger partial charge in [-0.2, -0.15) is 0 Å². The van der Waals surface area contributed by atoms with Gasteiger partial charge in [-0.1, -0.05) is 19.3 Å².